The monoisotopic (exact) mass is 519 g/mol. The molecule has 0 atom stereocenters. The molecule has 2 rings (SSSR count). The Labute approximate surface area is 165 Å². The van der Waals surface area contributed by atoms with Gasteiger partial charge in [0.1, 0.15) is 0 Å². The lowest BCUT2D eigenvalue weighted by atomic mass is 10.2. The number of thiophene rings is 1. The fourth-order valence-electron chi connectivity index (χ4n) is 1.62. The van der Waals surface area contributed by atoms with E-state index in [9.17, 15) is 22.8 Å². The molecule has 0 saturated carbocycles. The van der Waals surface area contributed by atoms with E-state index in [2.05, 4.69) is 42.6 Å². The number of urea groups is 1. The molecule has 134 valence electrons. The van der Waals surface area contributed by atoms with Gasteiger partial charge in [-0.2, -0.15) is 13.2 Å². The van der Waals surface area contributed by atoms with Gasteiger partial charge in [0.25, 0.3) is 5.91 Å². The molecular weight excluding hydrogens is 514 g/mol. The fourth-order valence-corrected chi connectivity index (χ4v) is 3.77. The molecule has 1 aromatic carbocycles. The summed E-state index contributed by atoms with van der Waals surface area (Å²) in [4.78, 5) is 23.9. The summed E-state index contributed by atoms with van der Waals surface area (Å²) in [5, 5.41) is 1.68. The molecule has 3 N–H and O–H groups in total. The van der Waals surface area contributed by atoms with Crippen molar-refractivity contribution in [1.82, 2.24) is 10.9 Å². The summed E-state index contributed by atoms with van der Waals surface area (Å²) in [7, 11) is 0. The Bertz CT molecular complexity index is 810. The molecular formula is C13H7Br2ClF3N3O2S. The SMILES string of the molecule is O=C(NNC(=O)c1cc(Br)c(Br)s1)Nc1ccc(Cl)c(C(F)(F)F)c1. The minimum atomic E-state index is -4.65. The zero-order valence-electron chi connectivity index (χ0n) is 11.8. The molecule has 5 nitrogen and oxygen atoms in total. The van der Waals surface area contributed by atoms with Gasteiger partial charge in [0.2, 0.25) is 0 Å². The molecule has 25 heavy (non-hydrogen) atoms. The highest BCUT2D eigenvalue weighted by Crippen LogP contribution is 2.36. The third kappa shape index (κ3) is 5.33. The third-order valence-corrected chi connectivity index (χ3v) is 6.27. The second kappa shape index (κ2) is 7.94. The lowest BCUT2D eigenvalue weighted by Gasteiger charge is -2.12. The number of rotatable bonds is 2. The predicted molar refractivity (Wildman–Crippen MR) is 95.8 cm³/mol. The summed E-state index contributed by atoms with van der Waals surface area (Å²) in [6.07, 6.45) is -4.65. The summed E-state index contributed by atoms with van der Waals surface area (Å²) in [6, 6.07) is 3.53. The quantitative estimate of drug-likeness (QED) is 0.463. The average molecular weight is 522 g/mol. The van der Waals surface area contributed by atoms with Gasteiger partial charge in [-0.15, -0.1) is 11.3 Å². The second-order valence-corrected chi connectivity index (χ2v) is 8.09. The summed E-state index contributed by atoms with van der Waals surface area (Å²) in [5.41, 5.74) is 2.96. The van der Waals surface area contributed by atoms with E-state index in [0.717, 1.165) is 17.4 Å². The molecule has 1 heterocycles. The van der Waals surface area contributed by atoms with Crippen molar-refractivity contribution in [3.63, 3.8) is 0 Å². The van der Waals surface area contributed by atoms with Gasteiger partial charge >= 0.3 is 12.2 Å². The number of hydrogen-bond donors (Lipinski definition) is 3. The van der Waals surface area contributed by atoms with Crippen LogP contribution in [-0.2, 0) is 6.18 Å². The van der Waals surface area contributed by atoms with E-state index in [1.807, 2.05) is 5.43 Å². The molecule has 0 aliphatic heterocycles. The van der Waals surface area contributed by atoms with Crippen molar-refractivity contribution in [2.24, 2.45) is 0 Å². The Morgan fingerprint density at radius 1 is 1.12 bits per heavy atom. The van der Waals surface area contributed by atoms with Crippen LogP contribution in [0.2, 0.25) is 5.02 Å². The van der Waals surface area contributed by atoms with E-state index < -0.39 is 28.7 Å². The number of anilines is 1. The molecule has 0 radical (unpaired) electrons. The predicted octanol–water partition coefficient (Wildman–Crippen LogP) is 5.41. The van der Waals surface area contributed by atoms with Crippen LogP contribution in [0, 0.1) is 0 Å². The smallest absolute Gasteiger partial charge is 0.307 e. The van der Waals surface area contributed by atoms with Crippen molar-refractivity contribution in [3.05, 3.63) is 48.0 Å². The molecule has 0 saturated heterocycles. The number of hydrazine groups is 1. The number of nitrogens with one attached hydrogen (secondary N) is 3. The first-order valence-corrected chi connectivity index (χ1v) is 9.05. The highest BCUT2D eigenvalue weighted by Gasteiger charge is 2.33. The van der Waals surface area contributed by atoms with Crippen LogP contribution in [0.5, 0.6) is 0 Å². The van der Waals surface area contributed by atoms with E-state index >= 15 is 0 Å². The molecule has 0 unspecified atom stereocenters. The number of amides is 3. The van der Waals surface area contributed by atoms with Crippen LogP contribution in [0.25, 0.3) is 0 Å². The fraction of sp³-hybridized carbons (Fsp3) is 0.0769. The van der Waals surface area contributed by atoms with Crippen LogP contribution in [0.3, 0.4) is 0 Å². The van der Waals surface area contributed by atoms with Gasteiger partial charge in [-0.05, 0) is 56.1 Å². The lowest BCUT2D eigenvalue weighted by molar-refractivity contribution is -0.137. The van der Waals surface area contributed by atoms with E-state index in [0.29, 0.717) is 19.2 Å². The topological polar surface area (TPSA) is 70.2 Å². The van der Waals surface area contributed by atoms with Gasteiger partial charge in [0.15, 0.2) is 0 Å². The van der Waals surface area contributed by atoms with Crippen LogP contribution in [-0.4, -0.2) is 11.9 Å². The summed E-state index contributed by atoms with van der Waals surface area (Å²) in [5.74, 6) is -0.585. The first-order valence-electron chi connectivity index (χ1n) is 6.27. The number of hydrogen-bond acceptors (Lipinski definition) is 3. The highest BCUT2D eigenvalue weighted by molar-refractivity contribution is 9.13. The van der Waals surface area contributed by atoms with Crippen molar-refractivity contribution >= 4 is 72.4 Å². The van der Waals surface area contributed by atoms with Crippen LogP contribution in [0.4, 0.5) is 23.7 Å². The first-order chi connectivity index (χ1) is 11.6. The highest BCUT2D eigenvalue weighted by atomic mass is 79.9. The third-order valence-electron chi connectivity index (χ3n) is 2.69. The van der Waals surface area contributed by atoms with Crippen molar-refractivity contribution in [2.45, 2.75) is 6.18 Å². The largest absolute Gasteiger partial charge is 0.417 e. The zero-order chi connectivity index (χ0) is 18.8. The van der Waals surface area contributed by atoms with Gasteiger partial charge < -0.3 is 5.32 Å². The van der Waals surface area contributed by atoms with Crippen LogP contribution in [0.15, 0.2) is 32.5 Å². The maximum Gasteiger partial charge on any atom is 0.417 e. The number of halogens is 6. The zero-order valence-corrected chi connectivity index (χ0v) is 16.5. The lowest BCUT2D eigenvalue weighted by Crippen LogP contribution is -2.43. The van der Waals surface area contributed by atoms with E-state index in [1.165, 1.54) is 6.07 Å². The molecule has 0 bridgehead atoms. The van der Waals surface area contributed by atoms with Gasteiger partial charge in [-0.3, -0.25) is 10.2 Å². The summed E-state index contributed by atoms with van der Waals surface area (Å²) in [6.45, 7) is 0. The van der Waals surface area contributed by atoms with Crippen LogP contribution >= 0.6 is 54.8 Å². The van der Waals surface area contributed by atoms with E-state index in [-0.39, 0.29) is 5.69 Å². The standard InChI is InChI=1S/C13H7Br2ClF3N3O2S/c14-7-4-9(25-10(7)15)11(23)21-22-12(24)20-5-1-2-8(16)6(3-5)13(17,18)19/h1-4H,(H,21,23)(H2,20,22,24). The number of benzene rings is 1. The molecule has 0 aliphatic carbocycles. The maximum atomic E-state index is 12.8. The number of carbonyl (C=O) groups is 2. The summed E-state index contributed by atoms with van der Waals surface area (Å²) < 4.78 is 39.7. The Morgan fingerprint density at radius 2 is 1.80 bits per heavy atom. The Kier molecular flexibility index (Phi) is 6.35. The van der Waals surface area contributed by atoms with Crippen molar-refractivity contribution < 1.29 is 22.8 Å². The Hall–Kier alpha value is -1.30. The van der Waals surface area contributed by atoms with Crippen molar-refractivity contribution in [1.29, 1.82) is 0 Å². The molecule has 2 aromatic rings. The van der Waals surface area contributed by atoms with Crippen LogP contribution in [0.1, 0.15) is 15.2 Å². The minimum Gasteiger partial charge on any atom is -0.307 e. The van der Waals surface area contributed by atoms with Gasteiger partial charge in [0, 0.05) is 10.2 Å². The molecule has 0 spiro atoms. The first kappa shape index (κ1) is 20.0. The maximum absolute atomic E-state index is 12.8. The molecule has 3 amide bonds. The molecule has 0 aliphatic rings. The molecule has 12 heteroatoms. The molecule has 1 aromatic heterocycles. The van der Waals surface area contributed by atoms with E-state index in [1.54, 1.807) is 6.07 Å². The van der Waals surface area contributed by atoms with Crippen molar-refractivity contribution in [3.8, 4) is 0 Å². The normalized spacial score (nSPS) is 11.1. The summed E-state index contributed by atoms with van der Waals surface area (Å²) >= 11 is 13.1. The average Bonchev–Trinajstić information content (AvgIpc) is 2.85. The Balaban J connectivity index is 1.97. The minimum absolute atomic E-state index is 0.134. The number of carbonyl (C=O) groups excluding carboxylic acids is 2. The van der Waals surface area contributed by atoms with Crippen LogP contribution < -0.4 is 16.2 Å². The second-order valence-electron chi connectivity index (χ2n) is 4.46. The Morgan fingerprint density at radius 3 is 2.36 bits per heavy atom. The van der Waals surface area contributed by atoms with Gasteiger partial charge in [-0.1, -0.05) is 11.6 Å². The van der Waals surface area contributed by atoms with Gasteiger partial charge in [-0.25, -0.2) is 10.2 Å². The molecule has 0 fully saturated rings. The van der Waals surface area contributed by atoms with E-state index in [4.69, 9.17) is 11.6 Å². The number of alkyl halides is 3. The van der Waals surface area contributed by atoms with Gasteiger partial charge in [0.05, 0.1) is 19.2 Å². The van der Waals surface area contributed by atoms with Crippen molar-refractivity contribution in [2.75, 3.05) is 5.32 Å².